The van der Waals surface area contributed by atoms with Crippen molar-refractivity contribution in [2.75, 3.05) is 14.2 Å². The molecule has 0 unspecified atom stereocenters. The Hall–Kier alpha value is -2.99. The molecule has 1 aromatic rings. The summed E-state index contributed by atoms with van der Waals surface area (Å²) in [6, 6.07) is 8.93. The highest BCUT2D eigenvalue weighted by Crippen LogP contribution is 2.48. The highest BCUT2D eigenvalue weighted by atomic mass is 32.2. The van der Waals surface area contributed by atoms with Crippen molar-refractivity contribution in [3.8, 4) is 6.07 Å². The monoisotopic (exact) mass is 475 g/mol. The van der Waals surface area contributed by atoms with Crippen molar-refractivity contribution in [2.24, 2.45) is 17.3 Å². The summed E-state index contributed by atoms with van der Waals surface area (Å²) < 4.78 is 28.5. The van der Waals surface area contributed by atoms with Gasteiger partial charge in [0.05, 0.1) is 37.0 Å². The summed E-state index contributed by atoms with van der Waals surface area (Å²) in [5.41, 5.74) is -1.57. The SMILES string of the molecule is COC(=O)C1(C(=O)OC)C[C@@H](C#N)[C@H](/C=C(/C(=O)OC(C)(C)C)[S@@](=O)c2ccc(C)cc2)C1. The Bertz CT molecular complexity index is 999. The largest absolute Gasteiger partial charge is 0.468 e. The first kappa shape index (κ1) is 26.3. The van der Waals surface area contributed by atoms with Gasteiger partial charge in [0.2, 0.25) is 0 Å². The summed E-state index contributed by atoms with van der Waals surface area (Å²) in [7, 11) is 0.386. The third-order valence-corrected chi connectivity index (χ3v) is 6.79. The topological polar surface area (TPSA) is 120 Å². The van der Waals surface area contributed by atoms with Gasteiger partial charge in [-0.3, -0.25) is 9.59 Å². The van der Waals surface area contributed by atoms with E-state index in [-0.39, 0.29) is 17.7 Å². The highest BCUT2D eigenvalue weighted by Gasteiger charge is 2.57. The van der Waals surface area contributed by atoms with Gasteiger partial charge in [-0.05, 0) is 58.6 Å². The van der Waals surface area contributed by atoms with Crippen LogP contribution in [0.1, 0.15) is 39.2 Å². The van der Waals surface area contributed by atoms with E-state index in [1.54, 1.807) is 45.0 Å². The quantitative estimate of drug-likeness (QED) is 0.266. The number of carbonyl (C=O) groups excluding carboxylic acids is 3. The lowest BCUT2D eigenvalue weighted by atomic mass is 9.85. The Balaban J connectivity index is 2.57. The minimum absolute atomic E-state index is 0.123. The predicted molar refractivity (Wildman–Crippen MR) is 120 cm³/mol. The van der Waals surface area contributed by atoms with E-state index < -0.39 is 51.6 Å². The Morgan fingerprint density at radius 1 is 1.09 bits per heavy atom. The second kappa shape index (κ2) is 10.3. The summed E-state index contributed by atoms with van der Waals surface area (Å²) in [5, 5.41) is 9.73. The molecule has 8 nitrogen and oxygen atoms in total. The van der Waals surface area contributed by atoms with Crippen LogP contribution in [-0.2, 0) is 39.4 Å². The average molecular weight is 476 g/mol. The lowest BCUT2D eigenvalue weighted by Gasteiger charge is -2.23. The maximum atomic E-state index is 13.4. The van der Waals surface area contributed by atoms with Crippen molar-refractivity contribution in [1.29, 1.82) is 5.26 Å². The Morgan fingerprint density at radius 2 is 1.64 bits per heavy atom. The number of benzene rings is 1. The number of nitrogens with zero attached hydrogens (tertiary/aromatic N) is 1. The van der Waals surface area contributed by atoms with E-state index in [4.69, 9.17) is 14.2 Å². The van der Waals surface area contributed by atoms with Gasteiger partial charge >= 0.3 is 17.9 Å². The van der Waals surface area contributed by atoms with Crippen molar-refractivity contribution in [1.82, 2.24) is 0 Å². The maximum Gasteiger partial charge on any atom is 0.347 e. The molecule has 9 heteroatoms. The third kappa shape index (κ3) is 5.88. The lowest BCUT2D eigenvalue weighted by Crippen LogP contribution is -2.39. The van der Waals surface area contributed by atoms with Crippen molar-refractivity contribution >= 4 is 28.7 Å². The van der Waals surface area contributed by atoms with Gasteiger partial charge in [0.15, 0.2) is 5.41 Å². The minimum Gasteiger partial charge on any atom is -0.468 e. The van der Waals surface area contributed by atoms with Crippen molar-refractivity contribution in [2.45, 2.75) is 51.0 Å². The molecule has 1 saturated carbocycles. The fraction of sp³-hybridized carbons (Fsp3) is 0.500. The number of carbonyl (C=O) groups is 3. The maximum absolute atomic E-state index is 13.4. The Kier molecular flexibility index (Phi) is 8.20. The summed E-state index contributed by atoms with van der Waals surface area (Å²) in [5.74, 6) is -3.97. The Morgan fingerprint density at radius 3 is 2.09 bits per heavy atom. The van der Waals surface area contributed by atoms with E-state index >= 15 is 0 Å². The van der Waals surface area contributed by atoms with Crippen molar-refractivity contribution in [3.05, 3.63) is 40.8 Å². The molecule has 33 heavy (non-hydrogen) atoms. The zero-order valence-electron chi connectivity index (χ0n) is 19.7. The molecule has 0 aliphatic heterocycles. The first-order valence-corrected chi connectivity index (χ1v) is 11.5. The highest BCUT2D eigenvalue weighted by molar-refractivity contribution is 7.90. The van der Waals surface area contributed by atoms with Gasteiger partial charge < -0.3 is 14.2 Å². The molecule has 0 heterocycles. The van der Waals surface area contributed by atoms with Crippen molar-refractivity contribution < 1.29 is 32.8 Å². The number of nitriles is 1. The predicted octanol–water partition coefficient (Wildman–Crippen LogP) is 3.21. The zero-order valence-corrected chi connectivity index (χ0v) is 20.5. The van der Waals surface area contributed by atoms with Gasteiger partial charge in [-0.1, -0.05) is 23.8 Å². The molecule has 3 atom stereocenters. The van der Waals surface area contributed by atoms with Gasteiger partial charge in [-0.15, -0.1) is 0 Å². The van der Waals surface area contributed by atoms with E-state index in [1.807, 2.05) is 6.92 Å². The van der Waals surface area contributed by atoms with Crippen LogP contribution in [-0.4, -0.2) is 41.9 Å². The third-order valence-electron chi connectivity index (χ3n) is 5.39. The van der Waals surface area contributed by atoms with Gasteiger partial charge in [-0.2, -0.15) is 5.26 Å². The first-order chi connectivity index (χ1) is 15.4. The summed E-state index contributed by atoms with van der Waals surface area (Å²) in [4.78, 5) is 38.3. The molecule has 2 rings (SSSR count). The molecule has 0 saturated heterocycles. The van der Waals surface area contributed by atoms with Gasteiger partial charge in [-0.25, -0.2) is 9.00 Å². The molecule has 0 spiro atoms. The van der Waals surface area contributed by atoms with E-state index in [0.717, 1.165) is 19.8 Å². The van der Waals surface area contributed by atoms with Gasteiger partial charge in [0.1, 0.15) is 10.5 Å². The molecule has 0 amide bonds. The molecule has 1 aromatic carbocycles. The summed E-state index contributed by atoms with van der Waals surface area (Å²) in [6.07, 6.45) is 1.14. The number of rotatable bonds is 6. The van der Waals surface area contributed by atoms with Crippen LogP contribution in [0.25, 0.3) is 0 Å². The van der Waals surface area contributed by atoms with E-state index in [1.165, 1.54) is 6.08 Å². The average Bonchev–Trinajstić information content (AvgIpc) is 3.14. The zero-order chi connectivity index (χ0) is 25.0. The number of hydrogen-bond donors (Lipinski definition) is 0. The number of aryl methyl sites for hydroxylation is 1. The van der Waals surface area contributed by atoms with Crippen LogP contribution < -0.4 is 0 Å². The standard InChI is InChI=1S/C24H29NO7S/c1-15-7-9-18(10-8-15)33(29)19(20(26)32-23(2,3)4)11-16-12-24(21(27)30-5,22(28)31-6)13-17(16)14-25/h7-11,16-17H,12-13H2,1-6H3/b19-11-/t16-,17+,33+/m1/s1. The normalized spacial score (nSPS) is 20.9. The Labute approximate surface area is 196 Å². The van der Waals surface area contributed by atoms with E-state index in [0.29, 0.717) is 4.90 Å². The first-order valence-electron chi connectivity index (χ1n) is 10.4. The van der Waals surface area contributed by atoms with Crippen LogP contribution in [0.5, 0.6) is 0 Å². The number of esters is 3. The number of hydrogen-bond acceptors (Lipinski definition) is 8. The fourth-order valence-corrected chi connectivity index (χ4v) is 4.92. The van der Waals surface area contributed by atoms with Crippen LogP contribution >= 0.6 is 0 Å². The molecule has 1 aliphatic carbocycles. The van der Waals surface area contributed by atoms with E-state index in [2.05, 4.69) is 6.07 Å². The smallest absolute Gasteiger partial charge is 0.347 e. The molecular weight excluding hydrogens is 446 g/mol. The second-order valence-electron chi connectivity index (χ2n) is 8.99. The van der Waals surface area contributed by atoms with Gasteiger partial charge in [0.25, 0.3) is 0 Å². The van der Waals surface area contributed by atoms with E-state index in [9.17, 15) is 23.9 Å². The number of methoxy groups -OCH3 is 2. The lowest BCUT2D eigenvalue weighted by molar-refractivity contribution is -0.169. The van der Waals surface area contributed by atoms with Crippen molar-refractivity contribution in [3.63, 3.8) is 0 Å². The fourth-order valence-electron chi connectivity index (χ4n) is 3.80. The van der Waals surface area contributed by atoms with Crippen LogP contribution in [0, 0.1) is 35.5 Å². The second-order valence-corrected chi connectivity index (χ2v) is 10.4. The van der Waals surface area contributed by atoms with Crippen LogP contribution in [0.2, 0.25) is 0 Å². The number of ether oxygens (including phenoxy) is 3. The molecule has 0 bridgehead atoms. The molecule has 0 aromatic heterocycles. The summed E-state index contributed by atoms with van der Waals surface area (Å²) in [6.45, 7) is 6.94. The van der Waals surface area contributed by atoms with Crippen LogP contribution in [0.3, 0.4) is 0 Å². The number of allylic oxidation sites excluding steroid dienone is 1. The summed E-state index contributed by atoms with van der Waals surface area (Å²) >= 11 is 0. The molecule has 0 N–H and O–H groups in total. The van der Waals surface area contributed by atoms with Crippen LogP contribution in [0.15, 0.2) is 40.1 Å². The molecule has 0 radical (unpaired) electrons. The molecule has 178 valence electrons. The van der Waals surface area contributed by atoms with Crippen LogP contribution in [0.4, 0.5) is 0 Å². The molecular formula is C24H29NO7S. The molecule has 1 aliphatic rings. The molecule has 1 fully saturated rings. The minimum atomic E-state index is -1.91. The van der Waals surface area contributed by atoms with Gasteiger partial charge in [0, 0.05) is 4.90 Å².